The van der Waals surface area contributed by atoms with E-state index in [1.54, 1.807) is 26.1 Å². The van der Waals surface area contributed by atoms with Crippen LogP contribution in [-0.2, 0) is 11.3 Å². The largest absolute Gasteiger partial charge is 0.497 e. The van der Waals surface area contributed by atoms with Crippen molar-refractivity contribution >= 4 is 11.9 Å². The summed E-state index contributed by atoms with van der Waals surface area (Å²) in [7, 11) is 5.28. The smallest absolute Gasteiger partial charge is 0.319 e. The van der Waals surface area contributed by atoms with Gasteiger partial charge in [-0.15, -0.1) is 0 Å². The minimum Gasteiger partial charge on any atom is -0.497 e. The van der Waals surface area contributed by atoms with E-state index in [4.69, 9.17) is 4.74 Å². The maximum atomic E-state index is 13.6. The van der Waals surface area contributed by atoms with Gasteiger partial charge in [0.2, 0.25) is 5.91 Å². The van der Waals surface area contributed by atoms with E-state index in [2.05, 4.69) is 24.0 Å². The van der Waals surface area contributed by atoms with Gasteiger partial charge in [-0.25, -0.2) is 4.79 Å². The van der Waals surface area contributed by atoms with Gasteiger partial charge in [0.1, 0.15) is 5.75 Å². The fourth-order valence-corrected chi connectivity index (χ4v) is 6.03. The quantitative estimate of drug-likeness (QED) is 0.740. The van der Waals surface area contributed by atoms with E-state index in [0.29, 0.717) is 13.1 Å². The summed E-state index contributed by atoms with van der Waals surface area (Å²) in [6.45, 7) is 7.70. The van der Waals surface area contributed by atoms with Crippen molar-refractivity contribution in [2.45, 2.75) is 32.7 Å². The number of carbonyl (C=O) groups excluding carboxylic acids is 2. The Morgan fingerprint density at radius 2 is 1.74 bits per heavy atom. The first-order valence-electron chi connectivity index (χ1n) is 11.4. The lowest BCUT2D eigenvalue weighted by Gasteiger charge is -2.46. The molecule has 31 heavy (non-hydrogen) atoms. The molecule has 1 aromatic rings. The fourth-order valence-electron chi connectivity index (χ4n) is 6.03. The number of amides is 3. The summed E-state index contributed by atoms with van der Waals surface area (Å²) in [6, 6.07) is 8.29. The second kappa shape index (κ2) is 8.34. The van der Waals surface area contributed by atoms with Crippen molar-refractivity contribution < 1.29 is 14.3 Å². The molecule has 7 nitrogen and oxygen atoms in total. The molecule has 7 heteroatoms. The molecule has 0 N–H and O–H groups in total. The lowest BCUT2D eigenvalue weighted by molar-refractivity contribution is -0.142. The number of carbonyl (C=O) groups is 2. The molecule has 3 amide bonds. The molecule has 3 heterocycles. The van der Waals surface area contributed by atoms with Crippen LogP contribution in [0.4, 0.5) is 4.79 Å². The summed E-state index contributed by atoms with van der Waals surface area (Å²) >= 11 is 0. The fraction of sp³-hybridized carbons (Fsp3) is 0.667. The topological polar surface area (TPSA) is 56.3 Å². The Hall–Kier alpha value is -2.28. The summed E-state index contributed by atoms with van der Waals surface area (Å²) in [6.07, 6.45) is 2.79. The van der Waals surface area contributed by atoms with Crippen molar-refractivity contribution in [1.82, 2.24) is 19.6 Å². The third-order valence-corrected chi connectivity index (χ3v) is 7.89. The highest BCUT2D eigenvalue weighted by Gasteiger charge is 2.65. The van der Waals surface area contributed by atoms with Gasteiger partial charge in [0.25, 0.3) is 0 Å². The summed E-state index contributed by atoms with van der Waals surface area (Å²) in [5.41, 5.74) is 0.744. The van der Waals surface area contributed by atoms with E-state index in [0.717, 1.165) is 57.7 Å². The second-order valence-corrected chi connectivity index (χ2v) is 9.65. The highest BCUT2D eigenvalue weighted by atomic mass is 16.5. The van der Waals surface area contributed by atoms with Crippen molar-refractivity contribution in [3.8, 4) is 5.75 Å². The number of nitrogens with zero attached hydrogens (tertiary/aromatic N) is 4. The molecular formula is C24H36N4O3. The van der Waals surface area contributed by atoms with Crippen LogP contribution in [0.25, 0.3) is 0 Å². The average molecular weight is 429 g/mol. The van der Waals surface area contributed by atoms with Crippen LogP contribution in [0.5, 0.6) is 5.75 Å². The summed E-state index contributed by atoms with van der Waals surface area (Å²) in [5, 5.41) is 0. The third kappa shape index (κ3) is 3.67. The predicted octanol–water partition coefficient (Wildman–Crippen LogP) is 2.51. The summed E-state index contributed by atoms with van der Waals surface area (Å²) in [4.78, 5) is 34.4. The van der Waals surface area contributed by atoms with Crippen LogP contribution in [0, 0.1) is 10.8 Å². The summed E-state index contributed by atoms with van der Waals surface area (Å²) in [5.74, 6) is 1.15. The van der Waals surface area contributed by atoms with Crippen LogP contribution in [0.15, 0.2) is 24.3 Å². The van der Waals surface area contributed by atoms with Crippen molar-refractivity contribution in [1.29, 1.82) is 0 Å². The van der Waals surface area contributed by atoms with E-state index in [1.807, 2.05) is 21.9 Å². The molecule has 0 aromatic heterocycles. The van der Waals surface area contributed by atoms with Gasteiger partial charge in [-0.3, -0.25) is 9.69 Å². The SMILES string of the molecule is CCN1CCC2(CN(C(=O)N(C)C)CC23CCN(Cc2ccc(OC)cc2)CC3)C1=O. The molecule has 0 saturated carbocycles. The Labute approximate surface area is 185 Å². The van der Waals surface area contributed by atoms with Gasteiger partial charge >= 0.3 is 6.03 Å². The molecule has 1 aromatic carbocycles. The number of ether oxygens (including phenoxy) is 1. The van der Waals surface area contributed by atoms with E-state index >= 15 is 0 Å². The predicted molar refractivity (Wildman–Crippen MR) is 120 cm³/mol. The maximum absolute atomic E-state index is 13.6. The minimum absolute atomic E-state index is 0.0275. The molecule has 3 saturated heterocycles. The normalized spacial score (nSPS) is 25.6. The van der Waals surface area contributed by atoms with Gasteiger partial charge in [0.05, 0.1) is 12.5 Å². The average Bonchev–Trinajstić information content (AvgIpc) is 3.28. The van der Waals surface area contributed by atoms with Crippen LogP contribution < -0.4 is 4.74 Å². The van der Waals surface area contributed by atoms with Gasteiger partial charge in [0, 0.05) is 52.2 Å². The molecule has 1 unspecified atom stereocenters. The monoisotopic (exact) mass is 428 g/mol. The maximum Gasteiger partial charge on any atom is 0.319 e. The lowest BCUT2D eigenvalue weighted by Crippen LogP contribution is -2.52. The number of hydrogen-bond acceptors (Lipinski definition) is 4. The first-order valence-corrected chi connectivity index (χ1v) is 11.4. The van der Waals surface area contributed by atoms with Crippen LogP contribution in [0.1, 0.15) is 31.7 Å². The number of hydrogen-bond donors (Lipinski definition) is 0. The Balaban J connectivity index is 1.51. The second-order valence-electron chi connectivity index (χ2n) is 9.65. The molecule has 1 atom stereocenters. The van der Waals surface area contributed by atoms with E-state index in [1.165, 1.54) is 5.56 Å². The van der Waals surface area contributed by atoms with Crippen molar-refractivity contribution in [3.05, 3.63) is 29.8 Å². The molecule has 3 aliphatic heterocycles. The number of urea groups is 1. The van der Waals surface area contributed by atoms with Crippen LogP contribution in [0.3, 0.4) is 0 Å². The molecule has 4 rings (SSSR count). The lowest BCUT2D eigenvalue weighted by atomic mass is 9.60. The van der Waals surface area contributed by atoms with Crippen molar-refractivity contribution in [3.63, 3.8) is 0 Å². The minimum atomic E-state index is -0.416. The zero-order chi connectivity index (χ0) is 22.2. The summed E-state index contributed by atoms with van der Waals surface area (Å²) < 4.78 is 5.26. The van der Waals surface area contributed by atoms with Gasteiger partial charge in [-0.1, -0.05) is 12.1 Å². The first-order chi connectivity index (χ1) is 14.8. The first kappa shape index (κ1) is 21.9. The van der Waals surface area contributed by atoms with Crippen molar-refractivity contribution in [2.24, 2.45) is 10.8 Å². The number of piperidine rings is 1. The standard InChI is InChI=1S/C24H36N4O3/c1-5-27-15-12-24(21(27)29)18-28(22(30)25(2)3)17-23(24)10-13-26(14-11-23)16-19-6-8-20(31-4)9-7-19/h6-9H,5,10-18H2,1-4H3. The highest BCUT2D eigenvalue weighted by molar-refractivity contribution is 5.88. The van der Waals surface area contributed by atoms with Crippen molar-refractivity contribution in [2.75, 3.05) is 60.5 Å². The van der Waals surface area contributed by atoms with E-state index in [9.17, 15) is 9.59 Å². The van der Waals surface area contributed by atoms with Crippen LogP contribution in [0.2, 0.25) is 0 Å². The Bertz CT molecular complexity index is 817. The van der Waals surface area contributed by atoms with Gasteiger partial charge in [-0.2, -0.15) is 0 Å². The van der Waals surface area contributed by atoms with Crippen LogP contribution >= 0.6 is 0 Å². The molecule has 2 spiro atoms. The number of benzene rings is 1. The van der Waals surface area contributed by atoms with E-state index in [-0.39, 0.29) is 17.4 Å². The zero-order valence-corrected chi connectivity index (χ0v) is 19.4. The highest BCUT2D eigenvalue weighted by Crippen LogP contribution is 2.58. The molecule has 3 fully saturated rings. The van der Waals surface area contributed by atoms with E-state index < -0.39 is 5.41 Å². The Kier molecular flexibility index (Phi) is 5.90. The number of methoxy groups -OCH3 is 1. The molecule has 0 bridgehead atoms. The molecule has 0 aliphatic carbocycles. The van der Waals surface area contributed by atoms with Gasteiger partial charge in [0.15, 0.2) is 0 Å². The Morgan fingerprint density at radius 1 is 1.06 bits per heavy atom. The number of likely N-dealkylation sites (tertiary alicyclic amines) is 3. The Morgan fingerprint density at radius 3 is 2.29 bits per heavy atom. The number of fused-ring (bicyclic) bond motifs is 1. The molecule has 170 valence electrons. The molecular weight excluding hydrogens is 392 g/mol. The third-order valence-electron chi connectivity index (χ3n) is 7.89. The number of rotatable bonds is 4. The van der Waals surface area contributed by atoms with Gasteiger partial charge in [-0.05, 0) is 57.0 Å². The van der Waals surface area contributed by atoms with Gasteiger partial charge < -0.3 is 19.4 Å². The zero-order valence-electron chi connectivity index (χ0n) is 19.4. The molecule has 3 aliphatic rings. The van der Waals surface area contributed by atoms with Crippen LogP contribution in [-0.4, -0.2) is 92.0 Å². The molecule has 0 radical (unpaired) electrons.